The summed E-state index contributed by atoms with van der Waals surface area (Å²) in [6.07, 6.45) is 3.09. The molecule has 132 valence electrons. The quantitative estimate of drug-likeness (QED) is 0.670. The number of ether oxygens (including phenoxy) is 1. The second-order valence-electron chi connectivity index (χ2n) is 5.93. The van der Waals surface area contributed by atoms with Gasteiger partial charge in [-0.25, -0.2) is 9.37 Å². The average molecular weight is 371 g/mol. The number of aryl methyl sites for hydroxylation is 1. The minimum atomic E-state index is -0.547. The van der Waals surface area contributed by atoms with Crippen molar-refractivity contribution < 1.29 is 9.13 Å². The summed E-state index contributed by atoms with van der Waals surface area (Å²) in [6.45, 7) is 0.749. The van der Waals surface area contributed by atoms with E-state index in [1.165, 1.54) is 0 Å². The SMILES string of the molecule is Fc1cnc(Nc2ccc3c(c2)CCCO3)nc1Nc1cccc(Cl)c1. The van der Waals surface area contributed by atoms with Gasteiger partial charge in [0.2, 0.25) is 5.95 Å². The maximum atomic E-state index is 14.1. The molecule has 0 unspecified atom stereocenters. The Labute approximate surface area is 155 Å². The van der Waals surface area contributed by atoms with Crippen LogP contribution in [0, 0.1) is 5.82 Å². The maximum Gasteiger partial charge on any atom is 0.229 e. The van der Waals surface area contributed by atoms with Gasteiger partial charge in [-0.15, -0.1) is 0 Å². The lowest BCUT2D eigenvalue weighted by atomic mass is 10.1. The van der Waals surface area contributed by atoms with Crippen molar-refractivity contribution in [2.24, 2.45) is 0 Å². The molecule has 3 aromatic rings. The van der Waals surface area contributed by atoms with E-state index in [1.54, 1.807) is 24.3 Å². The molecule has 2 N–H and O–H groups in total. The predicted molar refractivity (Wildman–Crippen MR) is 100 cm³/mol. The topological polar surface area (TPSA) is 59.1 Å². The number of fused-ring (bicyclic) bond motifs is 1. The highest BCUT2D eigenvalue weighted by molar-refractivity contribution is 6.30. The Bertz CT molecular complexity index is 951. The molecule has 0 atom stereocenters. The van der Waals surface area contributed by atoms with Crippen LogP contribution in [0.3, 0.4) is 0 Å². The number of nitrogens with one attached hydrogen (secondary N) is 2. The van der Waals surface area contributed by atoms with Crippen molar-refractivity contribution in [1.82, 2.24) is 9.97 Å². The predicted octanol–water partition coefficient (Wildman–Crippen LogP) is 5.08. The smallest absolute Gasteiger partial charge is 0.229 e. The fourth-order valence-electron chi connectivity index (χ4n) is 2.79. The monoisotopic (exact) mass is 370 g/mol. The van der Waals surface area contributed by atoms with Crippen LogP contribution in [-0.2, 0) is 6.42 Å². The number of anilines is 4. The van der Waals surface area contributed by atoms with Crippen molar-refractivity contribution >= 4 is 34.7 Å². The van der Waals surface area contributed by atoms with Gasteiger partial charge in [0.05, 0.1) is 12.8 Å². The van der Waals surface area contributed by atoms with Crippen molar-refractivity contribution in [1.29, 1.82) is 0 Å². The van der Waals surface area contributed by atoms with Crippen molar-refractivity contribution in [3.8, 4) is 5.75 Å². The van der Waals surface area contributed by atoms with Crippen LogP contribution >= 0.6 is 11.6 Å². The van der Waals surface area contributed by atoms with E-state index in [1.807, 2.05) is 18.2 Å². The van der Waals surface area contributed by atoms with Gasteiger partial charge in [-0.05, 0) is 54.8 Å². The number of benzene rings is 2. The number of halogens is 2. The summed E-state index contributed by atoms with van der Waals surface area (Å²) in [7, 11) is 0. The fraction of sp³-hybridized carbons (Fsp3) is 0.158. The Kier molecular flexibility index (Phi) is 4.58. The first-order valence-corrected chi connectivity index (χ1v) is 8.63. The zero-order valence-corrected chi connectivity index (χ0v) is 14.6. The molecule has 7 heteroatoms. The number of hydrogen-bond acceptors (Lipinski definition) is 5. The van der Waals surface area contributed by atoms with Crippen molar-refractivity contribution in [3.05, 3.63) is 65.1 Å². The summed E-state index contributed by atoms with van der Waals surface area (Å²) in [4.78, 5) is 8.23. The Morgan fingerprint density at radius 2 is 1.96 bits per heavy atom. The van der Waals surface area contributed by atoms with Crippen LogP contribution in [0.15, 0.2) is 48.7 Å². The molecule has 5 nitrogen and oxygen atoms in total. The Balaban J connectivity index is 1.56. The summed E-state index contributed by atoms with van der Waals surface area (Å²) in [5.41, 5.74) is 2.61. The van der Waals surface area contributed by atoms with E-state index in [0.29, 0.717) is 16.7 Å². The van der Waals surface area contributed by atoms with Crippen LogP contribution in [0.1, 0.15) is 12.0 Å². The van der Waals surface area contributed by atoms with Gasteiger partial charge >= 0.3 is 0 Å². The van der Waals surface area contributed by atoms with E-state index in [-0.39, 0.29) is 5.82 Å². The molecule has 0 saturated carbocycles. The average Bonchev–Trinajstić information content (AvgIpc) is 2.64. The maximum absolute atomic E-state index is 14.1. The molecule has 1 aliphatic heterocycles. The standard InChI is InChI=1S/C19H16ClFN4O/c20-13-4-1-5-14(10-13)23-18-16(21)11-22-19(25-18)24-15-6-7-17-12(9-15)3-2-8-26-17/h1,4-7,9-11H,2-3,8H2,(H2,22,23,24,25). The summed E-state index contributed by atoms with van der Waals surface area (Å²) < 4.78 is 19.7. The first kappa shape index (κ1) is 16.6. The van der Waals surface area contributed by atoms with E-state index in [4.69, 9.17) is 16.3 Å². The molecule has 0 spiro atoms. The Morgan fingerprint density at radius 3 is 2.85 bits per heavy atom. The molecule has 0 fully saturated rings. The van der Waals surface area contributed by atoms with Gasteiger partial charge in [-0.1, -0.05) is 17.7 Å². The molecule has 26 heavy (non-hydrogen) atoms. The van der Waals surface area contributed by atoms with Crippen LogP contribution in [-0.4, -0.2) is 16.6 Å². The highest BCUT2D eigenvalue weighted by Crippen LogP contribution is 2.29. The molecule has 0 amide bonds. The molecule has 0 bridgehead atoms. The van der Waals surface area contributed by atoms with Crippen LogP contribution in [0.25, 0.3) is 0 Å². The van der Waals surface area contributed by atoms with Crippen molar-refractivity contribution in [2.45, 2.75) is 12.8 Å². The third-order valence-electron chi connectivity index (χ3n) is 4.00. The molecule has 4 rings (SSSR count). The van der Waals surface area contributed by atoms with Crippen molar-refractivity contribution in [3.63, 3.8) is 0 Å². The highest BCUT2D eigenvalue weighted by atomic mass is 35.5. The van der Waals surface area contributed by atoms with Gasteiger partial charge in [0.1, 0.15) is 5.75 Å². The first-order valence-electron chi connectivity index (χ1n) is 8.25. The fourth-order valence-corrected chi connectivity index (χ4v) is 2.98. The highest BCUT2D eigenvalue weighted by Gasteiger charge is 2.12. The summed E-state index contributed by atoms with van der Waals surface area (Å²) >= 11 is 5.96. The first-order chi connectivity index (χ1) is 12.7. The van der Waals surface area contributed by atoms with Crippen molar-refractivity contribution in [2.75, 3.05) is 17.2 Å². The van der Waals surface area contributed by atoms with Gasteiger partial charge < -0.3 is 15.4 Å². The Hall–Kier alpha value is -2.86. The van der Waals surface area contributed by atoms with Gasteiger partial charge in [0, 0.05) is 16.4 Å². The zero-order chi connectivity index (χ0) is 17.9. The van der Waals surface area contributed by atoms with Gasteiger partial charge in [0.15, 0.2) is 11.6 Å². The molecule has 0 radical (unpaired) electrons. The van der Waals surface area contributed by atoms with Crippen LogP contribution < -0.4 is 15.4 Å². The molecular weight excluding hydrogens is 355 g/mol. The van der Waals surface area contributed by atoms with E-state index >= 15 is 0 Å². The number of aromatic nitrogens is 2. The van der Waals surface area contributed by atoms with E-state index < -0.39 is 5.82 Å². The number of rotatable bonds is 4. The second kappa shape index (κ2) is 7.17. The number of hydrogen-bond donors (Lipinski definition) is 2. The zero-order valence-electron chi connectivity index (χ0n) is 13.8. The normalized spacial score (nSPS) is 12.8. The lowest BCUT2D eigenvalue weighted by Gasteiger charge is -2.18. The largest absolute Gasteiger partial charge is 0.493 e. The molecule has 2 aromatic carbocycles. The lowest BCUT2D eigenvalue weighted by molar-refractivity contribution is 0.288. The van der Waals surface area contributed by atoms with Crippen LogP contribution in [0.4, 0.5) is 27.5 Å². The van der Waals surface area contributed by atoms with Gasteiger partial charge in [-0.2, -0.15) is 4.98 Å². The minimum absolute atomic E-state index is 0.0751. The second-order valence-corrected chi connectivity index (χ2v) is 6.36. The van der Waals surface area contributed by atoms with E-state index in [0.717, 1.165) is 42.6 Å². The summed E-state index contributed by atoms with van der Waals surface area (Å²) in [6, 6.07) is 12.8. The summed E-state index contributed by atoms with van der Waals surface area (Å²) in [5, 5.41) is 6.58. The third kappa shape index (κ3) is 3.70. The molecular formula is C19H16ClFN4O. The number of nitrogens with zero attached hydrogens (tertiary/aromatic N) is 2. The summed E-state index contributed by atoms with van der Waals surface area (Å²) in [5.74, 6) is 0.734. The lowest BCUT2D eigenvalue weighted by Crippen LogP contribution is -2.09. The van der Waals surface area contributed by atoms with E-state index in [9.17, 15) is 4.39 Å². The molecule has 0 saturated heterocycles. The van der Waals surface area contributed by atoms with Crippen LogP contribution in [0.5, 0.6) is 5.75 Å². The molecule has 1 aromatic heterocycles. The Morgan fingerprint density at radius 1 is 1.08 bits per heavy atom. The minimum Gasteiger partial charge on any atom is -0.493 e. The molecule has 1 aliphatic rings. The van der Waals surface area contributed by atoms with Gasteiger partial charge in [-0.3, -0.25) is 0 Å². The van der Waals surface area contributed by atoms with Gasteiger partial charge in [0.25, 0.3) is 0 Å². The molecule has 0 aliphatic carbocycles. The third-order valence-corrected chi connectivity index (χ3v) is 4.23. The van der Waals surface area contributed by atoms with E-state index in [2.05, 4.69) is 20.6 Å². The molecule has 2 heterocycles. The van der Waals surface area contributed by atoms with Crippen LogP contribution in [0.2, 0.25) is 5.02 Å².